The highest BCUT2D eigenvalue weighted by atomic mass is 35.5. The standard InChI is InChI=1S/C36H32ClN5O3S/c37-29-8-4-5-9-31(29)41-16-18-42(19-17-41)34-21-30(27-6-2-1-3-7-27)39-36(40-34)46-23-25-10-13-28(14-11-25)35(43)38-22-26-12-15-32-33(20-26)45-24-44-32/h1-15,20-21H,16-19,22-24H2,(H,38,43). The van der Waals surface area contributed by atoms with Crippen LogP contribution in [0.2, 0.25) is 5.02 Å². The number of benzene rings is 4. The molecule has 8 nitrogen and oxygen atoms in total. The maximum atomic E-state index is 12.8. The molecular formula is C36H32ClN5O3S. The SMILES string of the molecule is O=C(NCc1ccc2c(c1)OCO2)c1ccc(CSc2nc(-c3ccccc3)cc(N3CCN(c4ccccc4Cl)CC3)n2)cc1. The van der Waals surface area contributed by atoms with Crippen LogP contribution in [-0.2, 0) is 12.3 Å². The van der Waals surface area contributed by atoms with Crippen LogP contribution in [0.15, 0.2) is 108 Å². The molecule has 1 N–H and O–H groups in total. The zero-order valence-electron chi connectivity index (χ0n) is 25.1. The van der Waals surface area contributed by atoms with Gasteiger partial charge in [-0.1, -0.05) is 84.0 Å². The second kappa shape index (κ2) is 13.7. The fraction of sp³-hybridized carbons (Fsp3) is 0.194. The van der Waals surface area contributed by atoms with Crippen LogP contribution >= 0.6 is 23.4 Å². The number of ether oxygens (including phenoxy) is 2. The second-order valence-electron chi connectivity index (χ2n) is 11.0. The molecule has 0 aliphatic carbocycles. The molecule has 2 aliphatic heterocycles. The van der Waals surface area contributed by atoms with Gasteiger partial charge >= 0.3 is 0 Å². The quantitative estimate of drug-likeness (QED) is 0.134. The molecule has 1 fully saturated rings. The Morgan fingerprint density at radius 3 is 2.30 bits per heavy atom. The van der Waals surface area contributed by atoms with Crippen molar-refractivity contribution in [2.24, 2.45) is 0 Å². The number of rotatable bonds is 9. The van der Waals surface area contributed by atoms with Gasteiger partial charge in [-0.2, -0.15) is 0 Å². The number of fused-ring (bicyclic) bond motifs is 1. The summed E-state index contributed by atoms with van der Waals surface area (Å²) in [5.41, 5.74) is 5.66. The number of aromatic nitrogens is 2. The Morgan fingerprint density at radius 2 is 1.50 bits per heavy atom. The third-order valence-electron chi connectivity index (χ3n) is 8.03. The molecule has 1 amide bonds. The van der Waals surface area contributed by atoms with Crippen LogP contribution in [0.3, 0.4) is 0 Å². The maximum Gasteiger partial charge on any atom is 0.251 e. The average molecular weight is 650 g/mol. The Hall–Kier alpha value is -4.73. The van der Waals surface area contributed by atoms with Gasteiger partial charge in [0.15, 0.2) is 16.7 Å². The number of hydrogen-bond acceptors (Lipinski definition) is 8. The molecule has 0 saturated carbocycles. The Kier molecular flexibility index (Phi) is 8.94. The predicted octanol–water partition coefficient (Wildman–Crippen LogP) is 7.07. The van der Waals surface area contributed by atoms with E-state index in [2.05, 4.69) is 39.4 Å². The summed E-state index contributed by atoms with van der Waals surface area (Å²) in [5.74, 6) is 2.90. The van der Waals surface area contributed by atoms with E-state index in [0.717, 1.165) is 76.0 Å². The maximum absolute atomic E-state index is 12.8. The largest absolute Gasteiger partial charge is 0.454 e. The van der Waals surface area contributed by atoms with Crippen LogP contribution in [-0.4, -0.2) is 48.8 Å². The molecule has 0 unspecified atom stereocenters. The van der Waals surface area contributed by atoms with Crippen LogP contribution in [0.5, 0.6) is 11.5 Å². The minimum absolute atomic E-state index is 0.130. The molecule has 4 aromatic carbocycles. The van der Waals surface area contributed by atoms with Crippen molar-refractivity contribution in [2.75, 3.05) is 42.8 Å². The van der Waals surface area contributed by atoms with Gasteiger partial charge in [0.05, 0.1) is 16.4 Å². The predicted molar refractivity (Wildman–Crippen MR) is 183 cm³/mol. The number of carbonyl (C=O) groups is 1. The normalized spacial score (nSPS) is 13.9. The van der Waals surface area contributed by atoms with E-state index in [1.54, 1.807) is 11.8 Å². The summed E-state index contributed by atoms with van der Waals surface area (Å²) in [6, 6.07) is 33.7. The van der Waals surface area contributed by atoms with Gasteiger partial charge in [-0.15, -0.1) is 0 Å². The topological polar surface area (TPSA) is 79.8 Å². The molecule has 1 aromatic heterocycles. The molecule has 0 radical (unpaired) electrons. The first kappa shape index (κ1) is 30.0. The lowest BCUT2D eigenvalue weighted by molar-refractivity contribution is 0.0951. The van der Waals surface area contributed by atoms with Crippen LogP contribution in [0.25, 0.3) is 11.3 Å². The van der Waals surface area contributed by atoms with Gasteiger partial charge < -0.3 is 24.6 Å². The zero-order chi connectivity index (χ0) is 31.3. The number of anilines is 2. The van der Waals surface area contributed by atoms with E-state index in [4.69, 9.17) is 31.0 Å². The number of nitrogens with one attached hydrogen (secondary N) is 1. The van der Waals surface area contributed by atoms with Gasteiger partial charge in [0, 0.05) is 55.7 Å². The molecule has 7 rings (SSSR count). The first-order valence-electron chi connectivity index (χ1n) is 15.2. The molecule has 2 aliphatic rings. The smallest absolute Gasteiger partial charge is 0.251 e. The minimum Gasteiger partial charge on any atom is -0.454 e. The number of thioether (sulfide) groups is 1. The monoisotopic (exact) mass is 649 g/mol. The third kappa shape index (κ3) is 6.90. The molecule has 0 atom stereocenters. The van der Waals surface area contributed by atoms with Crippen LogP contribution in [0, 0.1) is 0 Å². The molecule has 0 bridgehead atoms. The van der Waals surface area contributed by atoms with Crippen molar-refractivity contribution in [2.45, 2.75) is 17.5 Å². The van der Waals surface area contributed by atoms with Crippen molar-refractivity contribution in [3.8, 4) is 22.8 Å². The molecule has 3 heterocycles. The molecule has 0 spiro atoms. The highest BCUT2D eigenvalue weighted by Crippen LogP contribution is 2.33. The lowest BCUT2D eigenvalue weighted by Crippen LogP contribution is -2.47. The van der Waals surface area contributed by atoms with E-state index >= 15 is 0 Å². The average Bonchev–Trinajstić information content (AvgIpc) is 3.59. The van der Waals surface area contributed by atoms with Gasteiger partial charge in [-0.25, -0.2) is 9.97 Å². The Morgan fingerprint density at radius 1 is 0.783 bits per heavy atom. The van der Waals surface area contributed by atoms with Gasteiger partial charge in [-0.3, -0.25) is 4.79 Å². The van der Waals surface area contributed by atoms with E-state index in [0.29, 0.717) is 23.6 Å². The Labute approximate surface area is 277 Å². The number of amides is 1. The number of piperazine rings is 1. The highest BCUT2D eigenvalue weighted by molar-refractivity contribution is 7.98. The molecule has 10 heteroatoms. The van der Waals surface area contributed by atoms with Crippen molar-refractivity contribution in [3.05, 3.63) is 125 Å². The van der Waals surface area contributed by atoms with Crippen molar-refractivity contribution in [3.63, 3.8) is 0 Å². The Bertz CT molecular complexity index is 1830. The number of para-hydroxylation sites is 1. The summed E-state index contributed by atoms with van der Waals surface area (Å²) in [7, 11) is 0. The zero-order valence-corrected chi connectivity index (χ0v) is 26.6. The van der Waals surface area contributed by atoms with Crippen molar-refractivity contribution < 1.29 is 14.3 Å². The van der Waals surface area contributed by atoms with Gasteiger partial charge in [0.1, 0.15) is 5.82 Å². The van der Waals surface area contributed by atoms with Gasteiger partial charge in [0.2, 0.25) is 6.79 Å². The Balaban J connectivity index is 1.01. The summed E-state index contributed by atoms with van der Waals surface area (Å²) in [6.07, 6.45) is 0. The molecule has 5 aromatic rings. The van der Waals surface area contributed by atoms with Crippen LogP contribution in [0.4, 0.5) is 11.5 Å². The highest BCUT2D eigenvalue weighted by Gasteiger charge is 2.21. The number of hydrogen-bond donors (Lipinski definition) is 1. The van der Waals surface area contributed by atoms with Crippen molar-refractivity contribution >= 4 is 40.8 Å². The van der Waals surface area contributed by atoms with Crippen LogP contribution < -0.4 is 24.6 Å². The van der Waals surface area contributed by atoms with E-state index in [-0.39, 0.29) is 12.7 Å². The second-order valence-corrected chi connectivity index (χ2v) is 12.4. The fourth-order valence-electron chi connectivity index (χ4n) is 5.52. The first-order chi connectivity index (χ1) is 22.6. The van der Waals surface area contributed by atoms with Gasteiger partial charge in [0.25, 0.3) is 5.91 Å². The van der Waals surface area contributed by atoms with Crippen LogP contribution in [0.1, 0.15) is 21.5 Å². The van der Waals surface area contributed by atoms with E-state index in [1.165, 1.54) is 0 Å². The van der Waals surface area contributed by atoms with E-state index in [1.807, 2.05) is 78.9 Å². The summed E-state index contributed by atoms with van der Waals surface area (Å²) >= 11 is 8.07. The molecule has 46 heavy (non-hydrogen) atoms. The van der Waals surface area contributed by atoms with E-state index in [9.17, 15) is 4.79 Å². The summed E-state index contributed by atoms with van der Waals surface area (Å²) < 4.78 is 10.8. The molecule has 1 saturated heterocycles. The minimum atomic E-state index is -0.130. The van der Waals surface area contributed by atoms with Gasteiger partial charge in [-0.05, 0) is 47.5 Å². The molecular weight excluding hydrogens is 618 g/mol. The fourth-order valence-corrected chi connectivity index (χ4v) is 6.58. The van der Waals surface area contributed by atoms with Crippen molar-refractivity contribution in [1.29, 1.82) is 0 Å². The summed E-state index contributed by atoms with van der Waals surface area (Å²) in [6.45, 7) is 4.00. The third-order valence-corrected chi connectivity index (χ3v) is 9.27. The lowest BCUT2D eigenvalue weighted by atomic mass is 10.1. The number of carbonyl (C=O) groups excluding carboxylic acids is 1. The van der Waals surface area contributed by atoms with E-state index < -0.39 is 0 Å². The lowest BCUT2D eigenvalue weighted by Gasteiger charge is -2.37. The number of nitrogens with zero attached hydrogens (tertiary/aromatic N) is 4. The van der Waals surface area contributed by atoms with Crippen molar-refractivity contribution in [1.82, 2.24) is 15.3 Å². The molecule has 232 valence electrons. The first-order valence-corrected chi connectivity index (χ1v) is 16.5. The summed E-state index contributed by atoms with van der Waals surface area (Å²) in [4.78, 5) is 27.4. The number of halogens is 1. The summed E-state index contributed by atoms with van der Waals surface area (Å²) in [5, 5.41) is 4.48.